The number of nitrogens with two attached hydrogens (primary N) is 6. The van der Waals surface area contributed by atoms with Crippen molar-refractivity contribution >= 4 is 40.7 Å². The van der Waals surface area contributed by atoms with Crippen LogP contribution in [0.3, 0.4) is 0 Å². The molecule has 17 heteroatoms. The number of carbonyl (C=O) groups excluding carboxylic acids is 5. The summed E-state index contributed by atoms with van der Waals surface area (Å²) >= 11 is 5.02. The fraction of sp³-hybridized carbons (Fsp3) is 0.894. The van der Waals surface area contributed by atoms with Gasteiger partial charge in [-0.3, -0.25) is 28.9 Å². The number of likely N-dealkylation sites (N-methyl/N-ethyl adjacent to an activating group) is 1. The van der Waals surface area contributed by atoms with Gasteiger partial charge in [-0.05, 0) is 144 Å². The molecule has 0 bridgehead atoms. The molecule has 0 fully saturated rings. The van der Waals surface area contributed by atoms with Crippen molar-refractivity contribution < 1.29 is 33.4 Å². The molecule has 0 atom stereocenters. The highest BCUT2D eigenvalue weighted by Crippen LogP contribution is 2.03. The van der Waals surface area contributed by atoms with Gasteiger partial charge < -0.3 is 53.7 Å². The molecule has 0 saturated carbocycles. The first-order valence-electron chi connectivity index (χ1n) is 24.1. The van der Waals surface area contributed by atoms with Crippen LogP contribution >= 0.6 is 11.6 Å². The molecule has 0 aliphatic carbocycles. The summed E-state index contributed by atoms with van der Waals surface area (Å²) in [5.41, 5.74) is 32.0. The van der Waals surface area contributed by atoms with Gasteiger partial charge in [-0.1, -0.05) is 75.2 Å². The highest BCUT2D eigenvalue weighted by Gasteiger charge is 2.16. The Morgan fingerprint density at radius 3 is 1.05 bits per heavy atom. The average molecular weight is 945 g/mol. The van der Waals surface area contributed by atoms with E-state index in [9.17, 15) is 24.0 Å². The van der Waals surface area contributed by atoms with Crippen LogP contribution in [0.15, 0.2) is 0 Å². The Hall–Kier alpha value is -2.12. The van der Waals surface area contributed by atoms with Crippen molar-refractivity contribution in [3.05, 3.63) is 0 Å². The quantitative estimate of drug-likeness (QED) is 0.0238. The van der Waals surface area contributed by atoms with E-state index in [0.717, 1.165) is 130 Å². The Morgan fingerprint density at radius 1 is 0.469 bits per heavy atom. The van der Waals surface area contributed by atoms with Crippen LogP contribution in [-0.2, 0) is 33.4 Å². The zero-order valence-electron chi connectivity index (χ0n) is 43.8. The molecule has 16 nitrogen and oxygen atoms in total. The van der Waals surface area contributed by atoms with Gasteiger partial charge in [0, 0.05) is 57.5 Å². The fourth-order valence-corrected chi connectivity index (χ4v) is 4.71. The van der Waals surface area contributed by atoms with Crippen molar-refractivity contribution in [2.24, 2.45) is 46.2 Å². The molecule has 0 aromatic heterocycles. The molecule has 0 aromatic carbocycles. The van der Waals surface area contributed by atoms with E-state index in [1.807, 2.05) is 20.8 Å². The Balaban J connectivity index is -0.000000119. The van der Waals surface area contributed by atoms with E-state index < -0.39 is 23.9 Å². The summed E-state index contributed by atoms with van der Waals surface area (Å²) in [4.78, 5) is 59.9. The minimum Gasteiger partial charge on any atom is -0.393 e. The molecule has 0 unspecified atom stereocenters. The Labute approximate surface area is 398 Å². The Kier molecular flexibility index (Phi) is 72.4. The number of nitrogens with zero attached hydrogens (tertiary/aromatic N) is 3. The van der Waals surface area contributed by atoms with Crippen LogP contribution in [0, 0.1) is 11.8 Å². The van der Waals surface area contributed by atoms with Gasteiger partial charge in [-0.2, -0.15) is 0 Å². The SMILES string of the molecule is CC(C)C(=O)OC(=O)C(C)C.CC(C)N(CCN)C(C)C.CCCC(=O)OC(=O)CCC.CCCCC(=O)Cl.CCN(CC)CCN.CN(CCCN)CCCN.NCCCCCN. The molecule has 0 rings (SSSR count). The summed E-state index contributed by atoms with van der Waals surface area (Å²) in [6.07, 6.45) is 10.2. The molecule has 388 valence electrons. The number of hydrogen-bond donors (Lipinski definition) is 6. The minimum absolute atomic E-state index is 0.221. The summed E-state index contributed by atoms with van der Waals surface area (Å²) in [5.74, 6) is -2.21. The van der Waals surface area contributed by atoms with Crippen molar-refractivity contribution in [3.63, 3.8) is 0 Å². The molecule has 0 aromatic rings. The monoisotopic (exact) mass is 944 g/mol. The number of carbonyl (C=O) groups is 5. The second kappa shape index (κ2) is 60.9. The highest BCUT2D eigenvalue weighted by atomic mass is 35.5. The minimum atomic E-state index is -0.455. The first-order valence-corrected chi connectivity index (χ1v) is 24.5. The van der Waals surface area contributed by atoms with Gasteiger partial charge in [0.05, 0.1) is 11.8 Å². The van der Waals surface area contributed by atoms with Crippen molar-refractivity contribution in [1.82, 2.24) is 14.7 Å². The maximum atomic E-state index is 10.8. The van der Waals surface area contributed by atoms with Crippen molar-refractivity contribution in [1.29, 1.82) is 0 Å². The topological polar surface area (TPSA) is 270 Å². The first kappa shape index (κ1) is 76.2. The Bertz CT molecular complexity index is 954. The second-order valence-corrected chi connectivity index (χ2v) is 16.5. The lowest BCUT2D eigenvalue weighted by molar-refractivity contribution is -0.164. The van der Waals surface area contributed by atoms with Crippen molar-refractivity contribution in [3.8, 4) is 0 Å². The number of unbranched alkanes of at least 4 members (excludes halogenated alkanes) is 3. The number of ether oxygens (including phenoxy) is 2. The summed E-state index contributed by atoms with van der Waals surface area (Å²) < 4.78 is 8.95. The average Bonchev–Trinajstić information content (AvgIpc) is 3.23. The van der Waals surface area contributed by atoms with E-state index in [-0.39, 0.29) is 17.1 Å². The first-order chi connectivity index (χ1) is 30.1. The lowest BCUT2D eigenvalue weighted by atomic mass is 10.2. The molecular weight excluding hydrogens is 838 g/mol. The van der Waals surface area contributed by atoms with Gasteiger partial charge in [0.25, 0.3) is 0 Å². The molecule has 0 aliphatic rings. The van der Waals surface area contributed by atoms with Crippen LogP contribution in [0.25, 0.3) is 0 Å². The third-order valence-corrected chi connectivity index (χ3v) is 8.65. The predicted molar refractivity (Wildman–Crippen MR) is 272 cm³/mol. The van der Waals surface area contributed by atoms with Gasteiger partial charge in [0.1, 0.15) is 0 Å². The van der Waals surface area contributed by atoms with E-state index in [0.29, 0.717) is 31.3 Å². The number of esters is 4. The van der Waals surface area contributed by atoms with Gasteiger partial charge >= 0.3 is 23.9 Å². The van der Waals surface area contributed by atoms with E-state index in [4.69, 9.17) is 46.0 Å². The normalized spacial score (nSPS) is 10.2. The molecule has 0 radical (unpaired) electrons. The maximum Gasteiger partial charge on any atom is 0.316 e. The van der Waals surface area contributed by atoms with E-state index in [1.165, 1.54) is 6.42 Å². The molecule has 0 heterocycles. The largest absolute Gasteiger partial charge is 0.393 e. The Morgan fingerprint density at radius 2 is 0.844 bits per heavy atom. The van der Waals surface area contributed by atoms with Crippen LogP contribution in [0.2, 0.25) is 0 Å². The predicted octanol–water partition coefficient (Wildman–Crippen LogP) is 6.01. The highest BCUT2D eigenvalue weighted by molar-refractivity contribution is 6.63. The lowest BCUT2D eigenvalue weighted by Crippen LogP contribution is -2.40. The number of rotatable bonds is 27. The maximum absolute atomic E-state index is 10.8. The summed E-state index contributed by atoms with van der Waals surface area (Å²) in [7, 11) is 2.10. The number of hydrogen-bond acceptors (Lipinski definition) is 16. The molecule has 0 amide bonds. The third kappa shape index (κ3) is 71.5. The van der Waals surface area contributed by atoms with Crippen LogP contribution < -0.4 is 34.4 Å². The molecule has 12 N–H and O–H groups in total. The van der Waals surface area contributed by atoms with E-state index in [2.05, 4.69) is 72.8 Å². The summed E-state index contributed by atoms with van der Waals surface area (Å²) in [6, 6.07) is 1.23. The molecule has 64 heavy (non-hydrogen) atoms. The third-order valence-electron chi connectivity index (χ3n) is 8.46. The smallest absolute Gasteiger partial charge is 0.316 e. The van der Waals surface area contributed by atoms with E-state index in [1.54, 1.807) is 27.7 Å². The van der Waals surface area contributed by atoms with Crippen molar-refractivity contribution in [2.45, 2.75) is 179 Å². The van der Waals surface area contributed by atoms with Crippen LogP contribution in [0.4, 0.5) is 0 Å². The van der Waals surface area contributed by atoms with Gasteiger partial charge in [0.15, 0.2) is 0 Å². The summed E-state index contributed by atoms with van der Waals surface area (Å²) in [5, 5.41) is -0.221. The fourth-order valence-electron chi connectivity index (χ4n) is 4.57. The van der Waals surface area contributed by atoms with E-state index >= 15 is 0 Å². The van der Waals surface area contributed by atoms with Crippen LogP contribution in [0.1, 0.15) is 167 Å². The zero-order valence-corrected chi connectivity index (χ0v) is 44.6. The van der Waals surface area contributed by atoms with Gasteiger partial charge in [-0.25, -0.2) is 0 Å². The van der Waals surface area contributed by atoms with Crippen molar-refractivity contribution in [2.75, 3.05) is 85.6 Å². The lowest BCUT2D eigenvalue weighted by Gasteiger charge is -2.29. The molecule has 0 spiro atoms. The zero-order chi connectivity index (χ0) is 51.3. The van der Waals surface area contributed by atoms with Gasteiger partial charge in [-0.15, -0.1) is 0 Å². The standard InChI is InChI=1S/C8H20N2.2C8H14O3.C7H19N3.C6H16N2.C5H9ClO.C5H14N2/c1-7(2)10(6-5-9)8(3)4;1-5(2)7(9)11-8(10)6(3)4;1-3-5-7(9)11-8(10)6-4-2;1-10(6-2-4-8)7-3-5-9;1-3-8(4-2)6-5-7;1-2-3-4-5(6)7;6-4-2-1-3-5-7/h7-8H,5-6,9H2,1-4H3;5-6H,1-4H3;3-6H2,1-2H3;2-9H2,1H3;3-7H2,1-2H3;2-4H2,1H3;1-7H2. The molecule has 0 aliphatic heterocycles. The second-order valence-electron chi connectivity index (χ2n) is 16.1. The van der Waals surface area contributed by atoms with Crippen LogP contribution in [-0.4, -0.2) is 141 Å². The van der Waals surface area contributed by atoms with Crippen LogP contribution in [0.5, 0.6) is 0 Å². The summed E-state index contributed by atoms with van der Waals surface area (Å²) in [6.45, 7) is 36.8. The van der Waals surface area contributed by atoms with Gasteiger partial charge in [0.2, 0.25) is 5.24 Å². The molecular formula is C47H106ClN9O7. The molecule has 0 saturated heterocycles. The number of halogens is 1.